The molecule has 70 valence electrons. The third-order valence-corrected chi connectivity index (χ3v) is 1.56. The topological polar surface area (TPSA) is 40.5 Å². The molecule has 0 bridgehead atoms. The maximum Gasteiger partial charge on any atom is 0.119 e. The van der Waals surface area contributed by atoms with Crippen molar-refractivity contribution < 1.29 is 10.2 Å². The molecule has 13 heavy (non-hydrogen) atoms. The molecule has 0 spiro atoms. The second kappa shape index (κ2) is 5.04. The quantitative estimate of drug-likeness (QED) is 0.512. The van der Waals surface area contributed by atoms with E-state index < -0.39 is 0 Å². The van der Waals surface area contributed by atoms with Crippen LogP contribution in [0.25, 0.3) is 0 Å². The zero-order valence-corrected chi connectivity index (χ0v) is 7.75. The molecule has 0 saturated carbocycles. The van der Waals surface area contributed by atoms with E-state index in [1.165, 1.54) is 18.2 Å². The zero-order valence-electron chi connectivity index (χ0n) is 7.75. The van der Waals surface area contributed by atoms with Crippen LogP contribution in [0.1, 0.15) is 6.92 Å². The lowest BCUT2D eigenvalue weighted by Crippen LogP contribution is -1.93. The zero-order chi connectivity index (χ0) is 10.4. The van der Waals surface area contributed by atoms with Crippen molar-refractivity contribution in [2.45, 2.75) is 6.92 Å². The number of allylic oxidation sites excluding steroid dienone is 3. The standard InChI is InChI=1S/C11H14O2/c1-5-9(8(4)12)10(6-2)11(13)7-3/h5-7,12-13H,1-2,4H2,3H3/b10-9+,11-7+. The summed E-state index contributed by atoms with van der Waals surface area (Å²) in [6, 6.07) is 0. The highest BCUT2D eigenvalue weighted by Crippen LogP contribution is 2.18. The summed E-state index contributed by atoms with van der Waals surface area (Å²) in [6.07, 6.45) is 4.36. The van der Waals surface area contributed by atoms with Crippen molar-refractivity contribution in [3.8, 4) is 0 Å². The van der Waals surface area contributed by atoms with Gasteiger partial charge in [0.25, 0.3) is 0 Å². The highest BCUT2D eigenvalue weighted by molar-refractivity contribution is 5.49. The number of rotatable bonds is 4. The fraction of sp³-hybridized carbons (Fsp3) is 0.0909. The Labute approximate surface area is 78.5 Å². The average Bonchev–Trinajstić information content (AvgIpc) is 2.12. The van der Waals surface area contributed by atoms with E-state index in [0.29, 0.717) is 11.1 Å². The maximum absolute atomic E-state index is 9.40. The molecular formula is C11H14O2. The molecular weight excluding hydrogens is 164 g/mol. The largest absolute Gasteiger partial charge is 0.508 e. The molecule has 0 aromatic carbocycles. The van der Waals surface area contributed by atoms with Gasteiger partial charge in [0, 0.05) is 11.1 Å². The second-order valence-corrected chi connectivity index (χ2v) is 2.36. The summed E-state index contributed by atoms with van der Waals surface area (Å²) in [6.45, 7) is 12.1. The monoisotopic (exact) mass is 178 g/mol. The molecule has 0 aromatic rings. The van der Waals surface area contributed by atoms with Crippen molar-refractivity contribution >= 4 is 0 Å². The SMILES string of the molecule is C=C/C(C(=C)O)=C(C=C)\C(O)=C/C. The predicted molar refractivity (Wildman–Crippen MR) is 55.6 cm³/mol. The molecule has 2 nitrogen and oxygen atoms in total. The summed E-state index contributed by atoms with van der Waals surface area (Å²) in [4.78, 5) is 0. The van der Waals surface area contributed by atoms with Crippen molar-refractivity contribution in [2.24, 2.45) is 0 Å². The third-order valence-electron chi connectivity index (χ3n) is 1.56. The summed E-state index contributed by atoms with van der Waals surface area (Å²) < 4.78 is 0. The Kier molecular flexibility index (Phi) is 4.38. The van der Waals surface area contributed by atoms with Crippen LogP contribution >= 0.6 is 0 Å². The van der Waals surface area contributed by atoms with E-state index in [-0.39, 0.29) is 11.5 Å². The van der Waals surface area contributed by atoms with E-state index in [2.05, 4.69) is 19.7 Å². The van der Waals surface area contributed by atoms with E-state index >= 15 is 0 Å². The number of aliphatic hydroxyl groups is 2. The first-order valence-corrected chi connectivity index (χ1v) is 3.81. The number of hydrogen-bond acceptors (Lipinski definition) is 2. The summed E-state index contributed by atoms with van der Waals surface area (Å²) in [5.41, 5.74) is 0.801. The van der Waals surface area contributed by atoms with Gasteiger partial charge in [-0.05, 0) is 13.0 Å². The first-order chi connectivity index (χ1) is 6.08. The Morgan fingerprint density at radius 2 is 1.54 bits per heavy atom. The third kappa shape index (κ3) is 2.67. The minimum Gasteiger partial charge on any atom is -0.508 e. The van der Waals surface area contributed by atoms with Crippen LogP contribution in [-0.4, -0.2) is 10.2 Å². The van der Waals surface area contributed by atoms with Crippen molar-refractivity contribution in [3.05, 3.63) is 60.6 Å². The molecule has 0 aliphatic rings. The van der Waals surface area contributed by atoms with E-state index in [1.807, 2.05) is 0 Å². The molecule has 0 unspecified atom stereocenters. The van der Waals surface area contributed by atoms with Crippen LogP contribution < -0.4 is 0 Å². The second-order valence-electron chi connectivity index (χ2n) is 2.36. The average molecular weight is 178 g/mol. The fourth-order valence-electron chi connectivity index (χ4n) is 0.891. The van der Waals surface area contributed by atoms with E-state index in [4.69, 9.17) is 5.11 Å². The van der Waals surface area contributed by atoms with Crippen molar-refractivity contribution in [3.63, 3.8) is 0 Å². The summed E-state index contributed by atoms with van der Waals surface area (Å²) in [7, 11) is 0. The minimum atomic E-state index is -0.140. The predicted octanol–water partition coefficient (Wildman–Crippen LogP) is 3.19. The van der Waals surface area contributed by atoms with Gasteiger partial charge in [-0.2, -0.15) is 0 Å². The summed E-state index contributed by atoms with van der Waals surface area (Å²) in [5.74, 6) is -0.0987. The molecule has 2 N–H and O–H groups in total. The lowest BCUT2D eigenvalue weighted by Gasteiger charge is -2.06. The van der Waals surface area contributed by atoms with Crippen molar-refractivity contribution in [1.29, 1.82) is 0 Å². The van der Waals surface area contributed by atoms with Crippen LogP contribution in [0.15, 0.2) is 60.6 Å². The molecule has 0 aromatic heterocycles. The summed E-state index contributed by atoms with van der Waals surface area (Å²) in [5, 5.41) is 18.5. The molecule has 0 heterocycles. The lowest BCUT2D eigenvalue weighted by atomic mass is 10.0. The minimum absolute atomic E-state index is 0.0418. The van der Waals surface area contributed by atoms with Gasteiger partial charge in [-0.15, -0.1) is 0 Å². The van der Waals surface area contributed by atoms with Crippen LogP contribution in [0, 0.1) is 0 Å². The maximum atomic E-state index is 9.40. The van der Waals surface area contributed by atoms with Gasteiger partial charge in [0.15, 0.2) is 0 Å². The molecule has 0 atom stereocenters. The van der Waals surface area contributed by atoms with Crippen molar-refractivity contribution in [2.75, 3.05) is 0 Å². The Balaban J connectivity index is 5.43. The number of hydrogen-bond donors (Lipinski definition) is 2. The van der Waals surface area contributed by atoms with Crippen LogP contribution in [0.2, 0.25) is 0 Å². The molecule has 0 radical (unpaired) electrons. The Bertz CT molecular complexity index is 293. The van der Waals surface area contributed by atoms with E-state index in [1.54, 1.807) is 6.92 Å². The number of aliphatic hydroxyl groups excluding tert-OH is 2. The molecule has 0 fully saturated rings. The highest BCUT2D eigenvalue weighted by Gasteiger charge is 2.06. The highest BCUT2D eigenvalue weighted by atomic mass is 16.3. The van der Waals surface area contributed by atoms with Gasteiger partial charge in [-0.1, -0.05) is 31.9 Å². The molecule has 0 saturated heterocycles. The van der Waals surface area contributed by atoms with Gasteiger partial charge in [-0.3, -0.25) is 0 Å². The normalized spacial score (nSPS) is 13.2. The molecule has 0 rings (SSSR count). The molecule has 2 heteroatoms. The van der Waals surface area contributed by atoms with Crippen LogP contribution in [0.4, 0.5) is 0 Å². The Hall–Kier alpha value is -1.70. The first-order valence-electron chi connectivity index (χ1n) is 3.81. The van der Waals surface area contributed by atoms with Gasteiger partial charge >= 0.3 is 0 Å². The molecule has 0 amide bonds. The first kappa shape index (κ1) is 11.3. The lowest BCUT2D eigenvalue weighted by molar-refractivity contribution is 0.413. The van der Waals surface area contributed by atoms with Crippen LogP contribution in [0.5, 0.6) is 0 Å². The van der Waals surface area contributed by atoms with Gasteiger partial charge in [0.05, 0.1) is 0 Å². The van der Waals surface area contributed by atoms with Crippen molar-refractivity contribution in [1.82, 2.24) is 0 Å². The van der Waals surface area contributed by atoms with Gasteiger partial charge < -0.3 is 10.2 Å². The Morgan fingerprint density at radius 1 is 1.08 bits per heavy atom. The fourth-order valence-corrected chi connectivity index (χ4v) is 0.891. The Morgan fingerprint density at radius 3 is 1.77 bits per heavy atom. The van der Waals surface area contributed by atoms with E-state index in [9.17, 15) is 5.11 Å². The van der Waals surface area contributed by atoms with Gasteiger partial charge in [-0.25, -0.2) is 0 Å². The smallest absolute Gasteiger partial charge is 0.119 e. The molecule has 0 aliphatic carbocycles. The van der Waals surface area contributed by atoms with Gasteiger partial charge in [0.2, 0.25) is 0 Å². The van der Waals surface area contributed by atoms with Crippen LogP contribution in [0.3, 0.4) is 0 Å². The van der Waals surface area contributed by atoms with E-state index in [0.717, 1.165) is 0 Å². The molecule has 0 aliphatic heterocycles. The summed E-state index contributed by atoms with van der Waals surface area (Å²) >= 11 is 0. The van der Waals surface area contributed by atoms with Crippen LogP contribution in [-0.2, 0) is 0 Å². The van der Waals surface area contributed by atoms with Gasteiger partial charge in [0.1, 0.15) is 11.5 Å².